The second kappa shape index (κ2) is 7.69. The number of benzene rings is 2. The molecule has 1 unspecified atom stereocenters. The van der Waals surface area contributed by atoms with Crippen LogP contribution in [0.3, 0.4) is 0 Å². The Morgan fingerprint density at radius 3 is 2.46 bits per heavy atom. The average molecular weight is 374 g/mol. The van der Waals surface area contributed by atoms with Gasteiger partial charge in [0, 0.05) is 10.3 Å². The van der Waals surface area contributed by atoms with Crippen molar-refractivity contribution in [3.8, 4) is 16.5 Å². The van der Waals surface area contributed by atoms with Crippen molar-refractivity contribution in [2.75, 3.05) is 0 Å². The second-order valence-electron chi connectivity index (χ2n) is 5.80. The van der Waals surface area contributed by atoms with Crippen molar-refractivity contribution in [2.45, 2.75) is 16.7 Å². The highest BCUT2D eigenvalue weighted by Crippen LogP contribution is 2.37. The van der Waals surface area contributed by atoms with Gasteiger partial charge < -0.3 is 0 Å². The van der Waals surface area contributed by atoms with E-state index in [-0.39, 0.29) is 5.25 Å². The third-order valence-electron chi connectivity index (χ3n) is 4.01. The molecule has 2 aromatic heterocycles. The molecule has 0 aliphatic carbocycles. The molecule has 26 heavy (non-hydrogen) atoms. The summed E-state index contributed by atoms with van der Waals surface area (Å²) in [6.45, 7) is 0. The Balaban J connectivity index is 1.64. The van der Waals surface area contributed by atoms with Gasteiger partial charge in [0.15, 0.2) is 0 Å². The normalized spacial score (nSPS) is 12.0. The van der Waals surface area contributed by atoms with E-state index in [0.29, 0.717) is 6.42 Å². The molecule has 0 saturated carbocycles. The van der Waals surface area contributed by atoms with Crippen LogP contribution in [0, 0.1) is 11.3 Å². The van der Waals surface area contributed by atoms with Crippen molar-refractivity contribution in [1.29, 1.82) is 5.26 Å². The van der Waals surface area contributed by atoms with Crippen molar-refractivity contribution >= 4 is 33.3 Å². The van der Waals surface area contributed by atoms with Crippen LogP contribution in [0.15, 0.2) is 78.1 Å². The second-order valence-corrected chi connectivity index (χ2v) is 8.02. The zero-order valence-electron chi connectivity index (χ0n) is 13.9. The third-order valence-corrected chi connectivity index (χ3v) is 6.21. The standard InChI is InChI=1S/C21H15N3S2/c22-13-17(11-15-7-3-1-4-8-15)25-20-18-12-19(16-9-5-2-6-10-16)26-21(18)24-14-23-20/h1-10,12,14,17H,11H2. The summed E-state index contributed by atoms with van der Waals surface area (Å²) >= 11 is 3.17. The van der Waals surface area contributed by atoms with Gasteiger partial charge in [-0.25, -0.2) is 9.97 Å². The van der Waals surface area contributed by atoms with E-state index < -0.39 is 0 Å². The van der Waals surface area contributed by atoms with Crippen molar-refractivity contribution in [2.24, 2.45) is 0 Å². The number of aromatic nitrogens is 2. The predicted octanol–water partition coefficient (Wildman–Crippen LogP) is 5.59. The third kappa shape index (κ3) is 3.62. The minimum absolute atomic E-state index is 0.185. The summed E-state index contributed by atoms with van der Waals surface area (Å²) < 4.78 is 0. The van der Waals surface area contributed by atoms with Gasteiger partial charge in [0.2, 0.25) is 0 Å². The summed E-state index contributed by atoms with van der Waals surface area (Å²) in [6, 6.07) is 24.9. The predicted molar refractivity (Wildman–Crippen MR) is 108 cm³/mol. The molecule has 0 saturated heterocycles. The Bertz CT molecular complexity index is 1050. The number of hydrogen-bond donors (Lipinski definition) is 0. The molecule has 4 rings (SSSR count). The SMILES string of the molecule is N#CC(Cc1ccccc1)Sc1ncnc2sc(-c3ccccc3)cc12. The molecular formula is C21H15N3S2. The van der Waals surface area contributed by atoms with Gasteiger partial charge in [0.1, 0.15) is 21.4 Å². The molecule has 3 nitrogen and oxygen atoms in total. The van der Waals surface area contributed by atoms with E-state index in [9.17, 15) is 5.26 Å². The number of nitriles is 1. The van der Waals surface area contributed by atoms with E-state index >= 15 is 0 Å². The maximum atomic E-state index is 9.59. The molecular weight excluding hydrogens is 358 g/mol. The van der Waals surface area contributed by atoms with Gasteiger partial charge in [-0.05, 0) is 23.6 Å². The van der Waals surface area contributed by atoms with Crippen molar-refractivity contribution in [3.05, 3.63) is 78.6 Å². The molecule has 2 heterocycles. The number of fused-ring (bicyclic) bond motifs is 1. The van der Waals surface area contributed by atoms with Crippen LogP contribution in [-0.2, 0) is 6.42 Å². The zero-order chi connectivity index (χ0) is 17.8. The first-order valence-corrected chi connectivity index (χ1v) is 9.93. The first kappa shape index (κ1) is 16.8. The summed E-state index contributed by atoms with van der Waals surface area (Å²) in [5.41, 5.74) is 2.33. The quantitative estimate of drug-likeness (QED) is 0.338. The van der Waals surface area contributed by atoms with E-state index in [0.717, 1.165) is 20.8 Å². The Labute approximate surface area is 160 Å². The molecule has 0 N–H and O–H groups in total. The Kier molecular flexibility index (Phi) is 4.96. The smallest absolute Gasteiger partial charge is 0.128 e. The lowest BCUT2D eigenvalue weighted by atomic mass is 10.1. The van der Waals surface area contributed by atoms with Crippen LogP contribution in [0.1, 0.15) is 5.56 Å². The molecule has 0 bridgehead atoms. The van der Waals surface area contributed by atoms with Crippen LogP contribution >= 0.6 is 23.1 Å². The van der Waals surface area contributed by atoms with Crippen molar-refractivity contribution in [3.63, 3.8) is 0 Å². The molecule has 0 fully saturated rings. The van der Waals surface area contributed by atoms with E-state index in [1.807, 2.05) is 36.4 Å². The first-order valence-electron chi connectivity index (χ1n) is 8.23. The molecule has 0 aliphatic heterocycles. The van der Waals surface area contributed by atoms with Crippen LogP contribution in [0.25, 0.3) is 20.7 Å². The number of thiophene rings is 1. The fraction of sp³-hybridized carbons (Fsp3) is 0.0952. The maximum Gasteiger partial charge on any atom is 0.128 e. The Morgan fingerprint density at radius 1 is 1.00 bits per heavy atom. The Morgan fingerprint density at radius 2 is 1.73 bits per heavy atom. The molecule has 4 aromatic rings. The highest BCUT2D eigenvalue weighted by Gasteiger charge is 2.16. The molecule has 0 amide bonds. The summed E-state index contributed by atoms with van der Waals surface area (Å²) in [7, 11) is 0. The minimum atomic E-state index is -0.185. The molecule has 126 valence electrons. The molecule has 0 radical (unpaired) electrons. The lowest BCUT2D eigenvalue weighted by molar-refractivity contribution is 1.02. The first-order chi connectivity index (χ1) is 12.8. The number of nitrogens with zero attached hydrogens (tertiary/aromatic N) is 3. The fourth-order valence-corrected chi connectivity index (χ4v) is 4.81. The number of hydrogen-bond acceptors (Lipinski definition) is 5. The van der Waals surface area contributed by atoms with Gasteiger partial charge in [-0.1, -0.05) is 72.4 Å². The molecule has 0 aliphatic rings. The van der Waals surface area contributed by atoms with Gasteiger partial charge >= 0.3 is 0 Å². The van der Waals surface area contributed by atoms with Crippen LogP contribution in [0.2, 0.25) is 0 Å². The summed E-state index contributed by atoms with van der Waals surface area (Å²) in [5.74, 6) is 0. The van der Waals surface area contributed by atoms with E-state index in [1.54, 1.807) is 17.7 Å². The maximum absolute atomic E-state index is 9.59. The van der Waals surface area contributed by atoms with Crippen LogP contribution < -0.4 is 0 Å². The van der Waals surface area contributed by atoms with Crippen molar-refractivity contribution in [1.82, 2.24) is 9.97 Å². The topological polar surface area (TPSA) is 49.6 Å². The monoisotopic (exact) mass is 373 g/mol. The molecule has 0 spiro atoms. The number of thioether (sulfide) groups is 1. The van der Waals surface area contributed by atoms with Gasteiger partial charge in [-0.15, -0.1) is 11.3 Å². The van der Waals surface area contributed by atoms with Gasteiger partial charge in [-0.2, -0.15) is 5.26 Å². The highest BCUT2D eigenvalue weighted by molar-refractivity contribution is 8.00. The van der Waals surface area contributed by atoms with Crippen LogP contribution in [0.4, 0.5) is 0 Å². The van der Waals surface area contributed by atoms with E-state index in [4.69, 9.17) is 0 Å². The Hall–Kier alpha value is -2.68. The lowest BCUT2D eigenvalue weighted by Gasteiger charge is -2.08. The zero-order valence-corrected chi connectivity index (χ0v) is 15.5. The molecule has 5 heteroatoms. The average Bonchev–Trinajstić information content (AvgIpc) is 3.14. The van der Waals surface area contributed by atoms with Crippen LogP contribution in [0.5, 0.6) is 0 Å². The van der Waals surface area contributed by atoms with Gasteiger partial charge in [-0.3, -0.25) is 0 Å². The summed E-state index contributed by atoms with van der Waals surface area (Å²) in [5, 5.41) is 11.3. The van der Waals surface area contributed by atoms with Gasteiger partial charge in [0.25, 0.3) is 0 Å². The largest absolute Gasteiger partial charge is 0.229 e. The summed E-state index contributed by atoms with van der Waals surface area (Å²) in [4.78, 5) is 11.0. The molecule has 1 atom stereocenters. The van der Waals surface area contributed by atoms with Crippen molar-refractivity contribution < 1.29 is 0 Å². The fourth-order valence-electron chi connectivity index (χ4n) is 2.75. The molecule has 2 aromatic carbocycles. The lowest BCUT2D eigenvalue weighted by Crippen LogP contribution is -2.04. The highest BCUT2D eigenvalue weighted by atomic mass is 32.2. The number of rotatable bonds is 5. The summed E-state index contributed by atoms with van der Waals surface area (Å²) in [6.07, 6.45) is 2.29. The van der Waals surface area contributed by atoms with E-state index in [1.165, 1.54) is 22.2 Å². The van der Waals surface area contributed by atoms with E-state index in [2.05, 4.69) is 46.4 Å². The van der Waals surface area contributed by atoms with Gasteiger partial charge in [0.05, 0.1) is 6.07 Å². The minimum Gasteiger partial charge on any atom is -0.229 e. The van der Waals surface area contributed by atoms with Crippen LogP contribution in [-0.4, -0.2) is 15.2 Å².